The summed E-state index contributed by atoms with van der Waals surface area (Å²) in [6.45, 7) is 6.37. The van der Waals surface area contributed by atoms with Gasteiger partial charge in [0.25, 0.3) is 41.7 Å². The van der Waals surface area contributed by atoms with Crippen LogP contribution in [-0.4, -0.2) is 193 Å². The van der Waals surface area contributed by atoms with E-state index < -0.39 is 17.5 Å². The highest BCUT2D eigenvalue weighted by Crippen LogP contribution is 2.46. The number of hydrogen-bond donors (Lipinski definition) is 4. The first-order valence-corrected chi connectivity index (χ1v) is 41.6. The Bertz CT molecular complexity index is 6330. The largest absolute Gasteiger partial charge is 0.424 e. The fourth-order valence-electron chi connectivity index (χ4n) is 19.5. The lowest BCUT2D eigenvalue weighted by Crippen LogP contribution is -2.48. The molecule has 8 fully saturated rings. The normalized spacial score (nSPS) is 22.2. The molecule has 4 aliphatic carbocycles. The average Bonchev–Trinajstić information content (AvgIpc) is 1.66. The molecule has 4 aliphatic heterocycles. The molecule has 12 atom stereocenters. The monoisotopic (exact) mass is 1680 g/mol. The summed E-state index contributed by atoms with van der Waals surface area (Å²) < 4.78 is 74.4. The number of para-hydroxylation sites is 7. The molecule has 0 spiro atoms. The summed E-state index contributed by atoms with van der Waals surface area (Å²) in [6, 6.07) is 47.2. The molecule has 30 nitrogen and oxygen atoms in total. The molecule has 0 radical (unpaired) electrons. The number of carbonyl (C=O) groups excluding carboxylic acids is 4. The topological polar surface area (TPSA) is 346 Å². The van der Waals surface area contributed by atoms with Gasteiger partial charge in [-0.05, 0) is 185 Å². The first-order chi connectivity index (χ1) is 61.0. The number of rotatable bonds is 16. The van der Waals surface area contributed by atoms with Crippen molar-refractivity contribution in [3.8, 4) is 34.2 Å². The lowest BCUT2D eigenvalue weighted by molar-refractivity contribution is 0.0679. The molecule has 4 N–H and O–H groups in total. The van der Waals surface area contributed by atoms with Gasteiger partial charge in [0, 0.05) is 62.1 Å². The summed E-state index contributed by atoms with van der Waals surface area (Å²) in [4.78, 5) is 103. The molecule has 630 valence electrons. The SMILES string of the molecule is Cc1ccc(-n2nccn2)c(C(=O)N2CC3CC(Nc4nc5ccccc5o4)C2C3)n1.Cc1cnc(NC2CC3CC2N(C(=O)c2ccccc2-c2ncc(F)cn2)C3)c(F)c1.O=C(c1cccc(F)c1-c1ncccn1)N1CC2CC(Nc3nc4ccccc4o3)C1C2.O=C(c1cccc(F)c1-n1nccn1)N1CC2CC(Nc3nc4ccccc4o3)C1C2. The number of benzene rings is 6. The second-order valence-electron chi connectivity index (χ2n) is 32.9. The van der Waals surface area contributed by atoms with E-state index in [1.54, 1.807) is 86.4 Å². The molecule has 12 unspecified atom stereocenters. The fourth-order valence-corrected chi connectivity index (χ4v) is 19.5. The molecule has 8 aliphatic rings. The molecule has 23 rings (SSSR count). The summed E-state index contributed by atoms with van der Waals surface area (Å²) in [5.74, 6) is -0.299. The van der Waals surface area contributed by atoms with Crippen molar-refractivity contribution in [1.82, 2.24) is 94.4 Å². The quantitative estimate of drug-likeness (QED) is 0.0653. The Balaban J connectivity index is 0.000000105. The number of carbonyl (C=O) groups is 4. The van der Waals surface area contributed by atoms with Crippen LogP contribution >= 0.6 is 0 Å². The Morgan fingerprint density at radius 1 is 0.384 bits per heavy atom. The molecule has 4 saturated carbocycles. The number of nitrogens with zero attached hydrogens (tertiary/aromatic N) is 19. The van der Waals surface area contributed by atoms with Crippen LogP contribution in [0.3, 0.4) is 0 Å². The molecule has 4 saturated heterocycles. The number of aromatic nitrogens is 15. The zero-order chi connectivity index (χ0) is 85.1. The smallest absolute Gasteiger partial charge is 0.295 e. The van der Waals surface area contributed by atoms with Crippen molar-refractivity contribution in [1.29, 1.82) is 0 Å². The van der Waals surface area contributed by atoms with E-state index in [1.165, 1.54) is 41.5 Å². The van der Waals surface area contributed by atoms with Gasteiger partial charge in [-0.1, -0.05) is 66.7 Å². The number of oxazole rings is 3. The minimum absolute atomic E-state index is 0.0182. The lowest BCUT2D eigenvalue weighted by Gasteiger charge is -2.34. The van der Waals surface area contributed by atoms with E-state index in [0.717, 1.165) is 120 Å². The van der Waals surface area contributed by atoms with Crippen molar-refractivity contribution in [3.63, 3.8) is 0 Å². The van der Waals surface area contributed by atoms with Crippen molar-refractivity contribution in [3.05, 3.63) is 270 Å². The molecule has 8 bridgehead atoms. The van der Waals surface area contributed by atoms with Crippen molar-refractivity contribution in [2.24, 2.45) is 23.7 Å². The van der Waals surface area contributed by atoms with Gasteiger partial charge in [-0.3, -0.25) is 19.2 Å². The number of aryl methyl sites for hydroxylation is 2. The molecule has 9 aromatic heterocycles. The molecule has 125 heavy (non-hydrogen) atoms. The van der Waals surface area contributed by atoms with Gasteiger partial charge in [0.1, 0.15) is 33.7 Å². The lowest BCUT2D eigenvalue weighted by atomic mass is 10.0. The Morgan fingerprint density at radius 2 is 0.824 bits per heavy atom. The van der Waals surface area contributed by atoms with Gasteiger partial charge in [0.05, 0.1) is 102 Å². The Hall–Kier alpha value is -14.7. The van der Waals surface area contributed by atoms with Crippen LogP contribution in [0.4, 0.5) is 41.4 Å². The van der Waals surface area contributed by atoms with Crippen LogP contribution in [0.2, 0.25) is 0 Å². The predicted molar refractivity (Wildman–Crippen MR) is 451 cm³/mol. The van der Waals surface area contributed by atoms with Crippen LogP contribution in [0.5, 0.6) is 0 Å². The third-order valence-electron chi connectivity index (χ3n) is 24.8. The minimum atomic E-state index is -0.535. The second-order valence-corrected chi connectivity index (χ2v) is 32.9. The van der Waals surface area contributed by atoms with Gasteiger partial charge < -0.3 is 54.1 Å². The van der Waals surface area contributed by atoms with Crippen LogP contribution in [-0.2, 0) is 0 Å². The van der Waals surface area contributed by atoms with E-state index in [0.29, 0.717) is 89.7 Å². The summed E-state index contributed by atoms with van der Waals surface area (Å²) in [7, 11) is 0. The number of piperidine rings is 4. The number of pyridine rings is 2. The number of nitrogens with one attached hydrogen (secondary N) is 4. The number of likely N-dealkylation sites (tertiary alicyclic amines) is 4. The van der Waals surface area contributed by atoms with Crippen molar-refractivity contribution in [2.45, 2.75) is 114 Å². The number of fused-ring (bicyclic) bond motifs is 11. The van der Waals surface area contributed by atoms with E-state index in [-0.39, 0.29) is 112 Å². The van der Waals surface area contributed by atoms with Gasteiger partial charge in [0.15, 0.2) is 57.4 Å². The van der Waals surface area contributed by atoms with E-state index in [4.69, 9.17) is 13.3 Å². The van der Waals surface area contributed by atoms with Crippen LogP contribution in [0.15, 0.2) is 227 Å². The summed E-state index contributed by atoms with van der Waals surface area (Å²) in [6.07, 6.45) is 20.3. The van der Waals surface area contributed by atoms with E-state index in [1.807, 2.05) is 111 Å². The maximum Gasteiger partial charge on any atom is 0.295 e. The second kappa shape index (κ2) is 33.3. The molecular formula is C91H81F4N23O7. The van der Waals surface area contributed by atoms with Gasteiger partial charge in [-0.2, -0.15) is 35.3 Å². The minimum Gasteiger partial charge on any atom is -0.424 e. The van der Waals surface area contributed by atoms with Gasteiger partial charge in [0.2, 0.25) is 0 Å². The summed E-state index contributed by atoms with van der Waals surface area (Å²) >= 11 is 0. The molecule has 4 amide bonds. The zero-order valence-electron chi connectivity index (χ0n) is 67.5. The van der Waals surface area contributed by atoms with Crippen molar-refractivity contribution in [2.75, 3.05) is 47.4 Å². The molecular weight excluding hydrogens is 1600 g/mol. The third-order valence-corrected chi connectivity index (χ3v) is 24.8. The molecule has 6 aromatic carbocycles. The Labute approximate surface area is 711 Å². The number of amides is 4. The standard InChI is InChI=1S/C24H20FN5O2.C23H21F2N5O.C22H19FN6O2.C22H21N7O2/c25-16-6-3-5-15(21(16)22-26-9-4-10-27-22)23(31)30-13-14-11-18(19(30)12-14)29-24-28-17-7-1-2-8-20(17)32-24;1-13-6-18(25)22(26-9-13)29-19-7-14-8-20(19)30(12-14)23(31)17-5-3-2-4-16(17)21-27-10-15(24)11-28-21;23-15-5-3-4-14(20(15)29-24-8-9-25-29)21(30)28-12-13-10-17(18(28)11-13)27-22-26-16-6-1-2-7-19(16)31-22;1-13-6-7-17(29-23-8-9-24-29)20(25-13)21(30)28-12-14-10-16(18(28)11-14)27-22-26-15-4-2-3-5-19(15)31-22/h1-10,14,18-19H,11-13H2,(H,28,29);2-6,9-11,14,19-20H,7-8,12H2,1H3,(H,26,29);1-9,13,17-18H,10-12H2,(H,26,27);2-9,14,16,18H,10-12H2,1H3,(H,26,27). The van der Waals surface area contributed by atoms with Crippen LogP contribution in [0.25, 0.3) is 67.4 Å². The number of hydrogen-bond acceptors (Lipinski definition) is 24. The van der Waals surface area contributed by atoms with Gasteiger partial charge in [-0.25, -0.2) is 47.5 Å². The highest BCUT2D eigenvalue weighted by Gasteiger charge is 2.52. The number of halogens is 4. The van der Waals surface area contributed by atoms with Crippen LogP contribution in [0.1, 0.15) is 104 Å². The highest BCUT2D eigenvalue weighted by atomic mass is 19.1. The van der Waals surface area contributed by atoms with Crippen LogP contribution in [0, 0.1) is 60.8 Å². The van der Waals surface area contributed by atoms with E-state index in [2.05, 4.69) is 86.5 Å². The third kappa shape index (κ3) is 15.7. The maximum atomic E-state index is 14.8. The first-order valence-electron chi connectivity index (χ1n) is 41.6. The number of anilines is 4. The molecule has 34 heteroatoms. The first kappa shape index (κ1) is 78.8. The Morgan fingerprint density at radius 3 is 1.33 bits per heavy atom. The van der Waals surface area contributed by atoms with E-state index >= 15 is 0 Å². The summed E-state index contributed by atoms with van der Waals surface area (Å²) in [5, 5.41) is 29.8. The highest BCUT2D eigenvalue weighted by molar-refractivity contribution is 6.02. The van der Waals surface area contributed by atoms with Crippen LogP contribution < -0.4 is 21.3 Å². The molecule has 15 aromatic rings. The van der Waals surface area contributed by atoms with Gasteiger partial charge >= 0.3 is 0 Å². The maximum absolute atomic E-state index is 14.8. The Kier molecular flexibility index (Phi) is 21.0. The summed E-state index contributed by atoms with van der Waals surface area (Å²) in [5.41, 5.74) is 8.88. The average molecular weight is 1680 g/mol. The predicted octanol–water partition coefficient (Wildman–Crippen LogP) is 14.1. The van der Waals surface area contributed by atoms with Crippen molar-refractivity contribution < 1.29 is 50.0 Å². The van der Waals surface area contributed by atoms with Crippen molar-refractivity contribution >= 4 is 80.8 Å². The fraction of sp³-hybridized carbons (Fsp3) is 0.286. The van der Waals surface area contributed by atoms with Gasteiger partial charge in [-0.15, -0.1) is 9.59 Å². The molecule has 13 heterocycles. The zero-order valence-corrected chi connectivity index (χ0v) is 67.5. The van der Waals surface area contributed by atoms with E-state index in [9.17, 15) is 36.7 Å².